The summed E-state index contributed by atoms with van der Waals surface area (Å²) in [6.07, 6.45) is 0. The van der Waals surface area contributed by atoms with Gasteiger partial charge in [-0.2, -0.15) is 0 Å². The van der Waals surface area contributed by atoms with Crippen LogP contribution in [-0.2, 0) is 4.79 Å². The minimum absolute atomic E-state index is 0.411. The zero-order valence-corrected chi connectivity index (χ0v) is 6.42. The number of carboxylic acids is 1. The molecule has 0 saturated carbocycles. The molecule has 1 rings (SSSR count). The molecule has 0 aliphatic carbocycles. The van der Waals surface area contributed by atoms with Gasteiger partial charge >= 0.3 is 0 Å². The monoisotopic (exact) mass is 174 g/mol. The van der Waals surface area contributed by atoms with Crippen LogP contribution in [0, 0.1) is 11.6 Å². The van der Waals surface area contributed by atoms with E-state index in [9.17, 15) is 8.78 Å². The molecule has 0 aromatic heterocycles. The van der Waals surface area contributed by atoms with Gasteiger partial charge in [-0.05, 0) is 24.3 Å². The quantitative estimate of drug-likeness (QED) is 0.653. The Kier molecular flexibility index (Phi) is 4.60. The molecule has 1 N–H and O–H groups in total. The molecular weight excluding hydrogens is 166 g/mol. The first kappa shape index (κ1) is 10.6. The minimum Gasteiger partial charge on any atom is -0.481 e. The molecule has 0 aliphatic heterocycles. The fraction of sp³-hybridized carbons (Fsp3) is 0.125. The van der Waals surface area contributed by atoms with Gasteiger partial charge in [0.15, 0.2) is 0 Å². The van der Waals surface area contributed by atoms with E-state index in [4.69, 9.17) is 9.90 Å². The van der Waals surface area contributed by atoms with Crippen molar-refractivity contribution in [2.75, 3.05) is 0 Å². The second-order valence-corrected chi connectivity index (χ2v) is 1.96. The summed E-state index contributed by atoms with van der Waals surface area (Å²) in [4.78, 5) is 9.00. The molecule has 0 atom stereocenters. The third-order valence-electron chi connectivity index (χ3n) is 0.804. The molecule has 0 bridgehead atoms. The molecule has 4 heteroatoms. The van der Waals surface area contributed by atoms with Gasteiger partial charge in [0.05, 0.1) is 0 Å². The van der Waals surface area contributed by atoms with Gasteiger partial charge in [0.25, 0.3) is 5.97 Å². The lowest BCUT2D eigenvalue weighted by Crippen LogP contribution is -1.78. The van der Waals surface area contributed by atoms with Gasteiger partial charge in [-0.25, -0.2) is 8.78 Å². The first-order chi connectivity index (χ1) is 5.52. The largest absolute Gasteiger partial charge is 0.481 e. The molecule has 12 heavy (non-hydrogen) atoms. The highest BCUT2D eigenvalue weighted by Gasteiger charge is 1.86. The second-order valence-electron chi connectivity index (χ2n) is 1.96. The lowest BCUT2D eigenvalue weighted by atomic mass is 10.3. The van der Waals surface area contributed by atoms with Gasteiger partial charge in [0.1, 0.15) is 11.6 Å². The maximum absolute atomic E-state index is 11.9. The first-order valence-electron chi connectivity index (χ1n) is 3.13. The third kappa shape index (κ3) is 6.67. The summed E-state index contributed by atoms with van der Waals surface area (Å²) in [5, 5.41) is 7.42. The van der Waals surface area contributed by atoms with Crippen molar-refractivity contribution >= 4 is 5.97 Å². The SMILES string of the molecule is CC(=O)O.Fc1ccc(F)cc1. The van der Waals surface area contributed by atoms with Gasteiger partial charge in [-0.15, -0.1) is 0 Å². The van der Waals surface area contributed by atoms with E-state index in [0.717, 1.165) is 31.2 Å². The number of rotatable bonds is 0. The Morgan fingerprint density at radius 3 is 1.50 bits per heavy atom. The van der Waals surface area contributed by atoms with Gasteiger partial charge in [-0.1, -0.05) is 0 Å². The van der Waals surface area contributed by atoms with Crippen molar-refractivity contribution in [3.63, 3.8) is 0 Å². The van der Waals surface area contributed by atoms with E-state index in [-0.39, 0.29) is 0 Å². The molecule has 0 amide bonds. The molecule has 2 nitrogen and oxygen atoms in total. The first-order valence-corrected chi connectivity index (χ1v) is 3.13. The minimum atomic E-state index is -0.833. The van der Waals surface area contributed by atoms with Crippen molar-refractivity contribution in [3.8, 4) is 0 Å². The molecule has 0 radical (unpaired) electrons. The molecule has 1 aromatic rings. The Hall–Kier alpha value is -1.45. The fourth-order valence-electron chi connectivity index (χ4n) is 0.430. The van der Waals surface area contributed by atoms with Crippen LogP contribution < -0.4 is 0 Å². The van der Waals surface area contributed by atoms with E-state index >= 15 is 0 Å². The van der Waals surface area contributed by atoms with Gasteiger partial charge < -0.3 is 5.11 Å². The second kappa shape index (κ2) is 5.23. The van der Waals surface area contributed by atoms with Crippen LogP contribution >= 0.6 is 0 Å². The normalized spacial score (nSPS) is 8.25. The van der Waals surface area contributed by atoms with Gasteiger partial charge in [0.2, 0.25) is 0 Å². The summed E-state index contributed by atoms with van der Waals surface area (Å²) in [7, 11) is 0. The van der Waals surface area contributed by atoms with E-state index in [0.29, 0.717) is 0 Å². The summed E-state index contributed by atoms with van der Waals surface area (Å²) in [6.45, 7) is 1.08. The molecule has 66 valence electrons. The van der Waals surface area contributed by atoms with Crippen LogP contribution in [0.4, 0.5) is 8.78 Å². The van der Waals surface area contributed by atoms with E-state index in [1.807, 2.05) is 0 Å². The summed E-state index contributed by atoms with van der Waals surface area (Å²) < 4.78 is 23.8. The maximum atomic E-state index is 11.9. The number of carbonyl (C=O) groups is 1. The van der Waals surface area contributed by atoms with Crippen LogP contribution in [-0.4, -0.2) is 11.1 Å². The Bertz CT molecular complexity index is 219. The summed E-state index contributed by atoms with van der Waals surface area (Å²) in [5.74, 6) is -1.65. The van der Waals surface area contributed by atoms with Gasteiger partial charge in [-0.3, -0.25) is 4.79 Å². The van der Waals surface area contributed by atoms with Gasteiger partial charge in [0, 0.05) is 6.92 Å². The van der Waals surface area contributed by atoms with Crippen LogP contribution in [0.1, 0.15) is 6.92 Å². The van der Waals surface area contributed by atoms with Crippen molar-refractivity contribution in [1.29, 1.82) is 0 Å². The number of hydrogen-bond acceptors (Lipinski definition) is 1. The van der Waals surface area contributed by atoms with E-state index in [1.165, 1.54) is 0 Å². The molecule has 0 unspecified atom stereocenters. The molecular formula is C8H8F2O2. The molecule has 0 heterocycles. The van der Waals surface area contributed by atoms with Crippen molar-refractivity contribution in [3.05, 3.63) is 35.9 Å². The highest BCUT2D eigenvalue weighted by atomic mass is 19.1. The third-order valence-corrected chi connectivity index (χ3v) is 0.804. The average molecular weight is 174 g/mol. The number of benzene rings is 1. The molecule has 0 aliphatic rings. The highest BCUT2D eigenvalue weighted by Crippen LogP contribution is 1.98. The summed E-state index contributed by atoms with van der Waals surface area (Å²) >= 11 is 0. The van der Waals surface area contributed by atoms with Crippen LogP contribution in [0.25, 0.3) is 0 Å². The summed E-state index contributed by atoms with van der Waals surface area (Å²) in [6, 6.07) is 4.31. The Morgan fingerprint density at radius 2 is 1.33 bits per heavy atom. The van der Waals surface area contributed by atoms with Crippen molar-refractivity contribution < 1.29 is 18.7 Å². The predicted molar refractivity (Wildman–Crippen MR) is 39.7 cm³/mol. The van der Waals surface area contributed by atoms with Crippen LogP contribution in [0.5, 0.6) is 0 Å². The van der Waals surface area contributed by atoms with E-state index < -0.39 is 17.6 Å². The zero-order chi connectivity index (χ0) is 9.56. The average Bonchev–Trinajstić information content (AvgIpc) is 1.94. The van der Waals surface area contributed by atoms with Crippen molar-refractivity contribution in [2.45, 2.75) is 6.92 Å². The van der Waals surface area contributed by atoms with Crippen molar-refractivity contribution in [1.82, 2.24) is 0 Å². The van der Waals surface area contributed by atoms with E-state index in [1.54, 1.807) is 0 Å². The maximum Gasteiger partial charge on any atom is 0.300 e. The van der Waals surface area contributed by atoms with Crippen LogP contribution in [0.2, 0.25) is 0 Å². The van der Waals surface area contributed by atoms with Crippen molar-refractivity contribution in [2.24, 2.45) is 0 Å². The lowest BCUT2D eigenvalue weighted by Gasteiger charge is -1.83. The Balaban J connectivity index is 0.000000261. The standard InChI is InChI=1S/C6H4F2.C2H4O2/c7-5-1-2-6(8)4-3-5;1-2(3)4/h1-4H;1H3,(H,3,4). The number of aliphatic carboxylic acids is 1. The summed E-state index contributed by atoms with van der Waals surface area (Å²) in [5.41, 5.74) is 0. The topological polar surface area (TPSA) is 37.3 Å². The smallest absolute Gasteiger partial charge is 0.300 e. The Labute approximate surface area is 68.5 Å². The number of halogens is 2. The van der Waals surface area contributed by atoms with Crippen LogP contribution in [0.15, 0.2) is 24.3 Å². The van der Waals surface area contributed by atoms with Crippen LogP contribution in [0.3, 0.4) is 0 Å². The Morgan fingerprint density at radius 1 is 1.17 bits per heavy atom. The predicted octanol–water partition coefficient (Wildman–Crippen LogP) is 2.06. The fourth-order valence-corrected chi connectivity index (χ4v) is 0.430. The number of carboxylic acid groups (broad SMARTS) is 1. The molecule has 0 fully saturated rings. The molecule has 0 saturated heterocycles. The molecule has 1 aromatic carbocycles. The lowest BCUT2D eigenvalue weighted by molar-refractivity contribution is -0.134. The molecule has 0 spiro atoms. The zero-order valence-electron chi connectivity index (χ0n) is 6.42. The highest BCUT2D eigenvalue weighted by molar-refractivity contribution is 5.62. The number of hydrogen-bond donors (Lipinski definition) is 1. The van der Waals surface area contributed by atoms with E-state index in [2.05, 4.69) is 0 Å².